The number of hydrogen-bond acceptors (Lipinski definition) is 5. The molecule has 24 heavy (non-hydrogen) atoms. The second-order valence-electron chi connectivity index (χ2n) is 5.12. The first-order valence-corrected chi connectivity index (χ1v) is 7.25. The van der Waals surface area contributed by atoms with Crippen molar-refractivity contribution in [2.45, 2.75) is 6.92 Å². The van der Waals surface area contributed by atoms with Gasteiger partial charge in [-0.2, -0.15) is 0 Å². The fourth-order valence-corrected chi connectivity index (χ4v) is 1.99. The molecule has 0 heterocycles. The number of nitro groups is 1. The number of para-hydroxylation sites is 1. The van der Waals surface area contributed by atoms with Gasteiger partial charge in [-0.15, -0.1) is 0 Å². The Labute approximate surface area is 139 Å². The Morgan fingerprint density at radius 2 is 1.79 bits per heavy atom. The number of anilines is 1. The lowest BCUT2D eigenvalue weighted by molar-refractivity contribution is -0.384. The Bertz CT molecular complexity index is 757. The van der Waals surface area contributed by atoms with Gasteiger partial charge in [0, 0.05) is 17.8 Å². The van der Waals surface area contributed by atoms with Crippen molar-refractivity contribution in [3.05, 3.63) is 76.4 Å². The zero-order valence-electron chi connectivity index (χ0n) is 13.2. The Morgan fingerprint density at radius 3 is 2.42 bits per heavy atom. The van der Waals surface area contributed by atoms with E-state index >= 15 is 0 Å². The third-order valence-electron chi connectivity index (χ3n) is 3.36. The zero-order chi connectivity index (χ0) is 17.5. The minimum atomic E-state index is -0.473. The highest BCUT2D eigenvalue weighted by Crippen LogP contribution is 2.15. The Morgan fingerprint density at radius 1 is 1.12 bits per heavy atom. The third kappa shape index (κ3) is 4.57. The number of non-ortho nitro benzene ring substituents is 1. The fraction of sp³-hybridized carbons (Fsp3) is 0.118. The molecular formula is C17H18N4O3. The highest BCUT2D eigenvalue weighted by Gasteiger charge is 2.07. The molecule has 0 radical (unpaired) electrons. The zero-order valence-corrected chi connectivity index (χ0v) is 13.2. The SMILES string of the molecule is C=C(NNC(=O)CNc1ccccc1C)c1ccc([N+](=O)[O-])cc1. The molecular weight excluding hydrogens is 308 g/mol. The van der Waals surface area contributed by atoms with E-state index in [-0.39, 0.29) is 18.1 Å². The standard InChI is InChI=1S/C17H18N4O3/c1-12-5-3-4-6-16(12)18-11-17(22)20-19-13(2)14-7-9-15(10-8-14)21(23)24/h3-10,18-19H,2,11H2,1H3,(H,20,22). The molecule has 0 aliphatic carbocycles. The molecule has 0 fully saturated rings. The average Bonchev–Trinajstić information content (AvgIpc) is 2.59. The minimum Gasteiger partial charge on any atom is -0.376 e. The predicted molar refractivity (Wildman–Crippen MR) is 93.1 cm³/mol. The van der Waals surface area contributed by atoms with E-state index < -0.39 is 4.92 Å². The number of carbonyl (C=O) groups excluding carboxylic acids is 1. The molecule has 7 heteroatoms. The minimum absolute atomic E-state index is 0.00184. The predicted octanol–water partition coefficient (Wildman–Crippen LogP) is 2.61. The third-order valence-corrected chi connectivity index (χ3v) is 3.36. The van der Waals surface area contributed by atoms with Crippen LogP contribution in [0.15, 0.2) is 55.1 Å². The van der Waals surface area contributed by atoms with Crippen LogP contribution >= 0.6 is 0 Å². The van der Waals surface area contributed by atoms with Crippen LogP contribution in [0.4, 0.5) is 11.4 Å². The summed E-state index contributed by atoms with van der Waals surface area (Å²) in [6.45, 7) is 5.84. The second-order valence-corrected chi connectivity index (χ2v) is 5.12. The summed E-state index contributed by atoms with van der Waals surface area (Å²) in [5, 5.41) is 13.7. The summed E-state index contributed by atoms with van der Waals surface area (Å²) in [5.41, 5.74) is 8.24. The van der Waals surface area contributed by atoms with E-state index in [9.17, 15) is 14.9 Å². The molecule has 2 rings (SSSR count). The van der Waals surface area contributed by atoms with Gasteiger partial charge < -0.3 is 5.32 Å². The van der Waals surface area contributed by atoms with Crippen LogP contribution in [-0.4, -0.2) is 17.4 Å². The van der Waals surface area contributed by atoms with E-state index in [0.29, 0.717) is 11.3 Å². The summed E-state index contributed by atoms with van der Waals surface area (Å²) < 4.78 is 0. The number of rotatable bonds is 7. The molecule has 2 aromatic carbocycles. The highest BCUT2D eigenvalue weighted by molar-refractivity contribution is 5.81. The Kier molecular flexibility index (Phi) is 5.51. The normalized spacial score (nSPS) is 9.88. The lowest BCUT2D eigenvalue weighted by atomic mass is 10.1. The molecule has 0 saturated carbocycles. The fourth-order valence-electron chi connectivity index (χ4n) is 1.99. The number of aryl methyl sites for hydroxylation is 1. The summed E-state index contributed by atoms with van der Waals surface area (Å²) >= 11 is 0. The average molecular weight is 326 g/mol. The van der Waals surface area contributed by atoms with Crippen molar-refractivity contribution in [1.82, 2.24) is 10.9 Å². The monoisotopic (exact) mass is 326 g/mol. The van der Waals surface area contributed by atoms with Gasteiger partial charge in [0.1, 0.15) is 0 Å². The smallest absolute Gasteiger partial charge is 0.269 e. The topological polar surface area (TPSA) is 96.3 Å². The Hall–Kier alpha value is -3.35. The van der Waals surface area contributed by atoms with Crippen LogP contribution in [0.1, 0.15) is 11.1 Å². The van der Waals surface area contributed by atoms with E-state index in [1.165, 1.54) is 12.1 Å². The van der Waals surface area contributed by atoms with Crippen LogP contribution in [0, 0.1) is 17.0 Å². The van der Waals surface area contributed by atoms with Gasteiger partial charge in [0.2, 0.25) is 0 Å². The van der Waals surface area contributed by atoms with Gasteiger partial charge in [-0.25, -0.2) is 0 Å². The maximum absolute atomic E-state index is 11.8. The van der Waals surface area contributed by atoms with Gasteiger partial charge in [0.15, 0.2) is 0 Å². The van der Waals surface area contributed by atoms with Crippen LogP contribution in [0.5, 0.6) is 0 Å². The van der Waals surface area contributed by atoms with Gasteiger partial charge in [-0.1, -0.05) is 24.8 Å². The molecule has 124 valence electrons. The van der Waals surface area contributed by atoms with E-state index in [1.54, 1.807) is 12.1 Å². The second kappa shape index (κ2) is 7.77. The molecule has 0 aliphatic heterocycles. The maximum Gasteiger partial charge on any atom is 0.269 e. The summed E-state index contributed by atoms with van der Waals surface area (Å²) in [5.74, 6) is -0.263. The number of nitro benzene ring substituents is 1. The molecule has 3 N–H and O–H groups in total. The largest absolute Gasteiger partial charge is 0.376 e. The van der Waals surface area contributed by atoms with E-state index in [4.69, 9.17) is 0 Å². The van der Waals surface area contributed by atoms with E-state index in [1.807, 2.05) is 31.2 Å². The van der Waals surface area contributed by atoms with E-state index in [2.05, 4.69) is 22.7 Å². The number of hydrogen-bond donors (Lipinski definition) is 3. The molecule has 0 unspecified atom stereocenters. The molecule has 1 amide bonds. The number of carbonyl (C=O) groups is 1. The summed E-state index contributed by atoms with van der Waals surface area (Å²) in [7, 11) is 0. The van der Waals surface area contributed by atoms with Crippen molar-refractivity contribution in [2.24, 2.45) is 0 Å². The first-order chi connectivity index (χ1) is 11.5. The van der Waals surface area contributed by atoms with E-state index in [0.717, 1.165) is 11.3 Å². The van der Waals surface area contributed by atoms with Crippen molar-refractivity contribution in [1.29, 1.82) is 0 Å². The number of nitrogens with zero attached hydrogens (tertiary/aromatic N) is 1. The summed E-state index contributed by atoms with van der Waals surface area (Å²) in [4.78, 5) is 22.0. The first-order valence-electron chi connectivity index (χ1n) is 7.25. The molecule has 0 saturated heterocycles. The van der Waals surface area contributed by atoms with Crippen molar-refractivity contribution >= 4 is 23.0 Å². The molecule has 2 aromatic rings. The quantitative estimate of drug-likeness (QED) is 0.537. The van der Waals surface area contributed by atoms with Crippen molar-refractivity contribution in [3.63, 3.8) is 0 Å². The number of benzene rings is 2. The van der Waals surface area contributed by atoms with Crippen molar-refractivity contribution in [3.8, 4) is 0 Å². The van der Waals surface area contributed by atoms with Crippen LogP contribution in [0.3, 0.4) is 0 Å². The van der Waals surface area contributed by atoms with Crippen molar-refractivity contribution < 1.29 is 9.72 Å². The first kappa shape index (κ1) is 17.0. The molecule has 0 spiro atoms. The van der Waals surface area contributed by atoms with Crippen LogP contribution < -0.4 is 16.2 Å². The van der Waals surface area contributed by atoms with Crippen LogP contribution in [0.25, 0.3) is 5.70 Å². The van der Waals surface area contributed by atoms with Crippen LogP contribution in [-0.2, 0) is 4.79 Å². The molecule has 0 aromatic heterocycles. The van der Waals surface area contributed by atoms with Crippen LogP contribution in [0.2, 0.25) is 0 Å². The number of amides is 1. The van der Waals surface area contributed by atoms with Gasteiger partial charge >= 0.3 is 0 Å². The molecule has 7 nitrogen and oxygen atoms in total. The highest BCUT2D eigenvalue weighted by atomic mass is 16.6. The molecule has 0 aliphatic rings. The van der Waals surface area contributed by atoms with Gasteiger partial charge in [0.25, 0.3) is 11.6 Å². The van der Waals surface area contributed by atoms with Gasteiger partial charge in [-0.05, 0) is 36.2 Å². The summed E-state index contributed by atoms with van der Waals surface area (Å²) in [6.07, 6.45) is 0. The lowest BCUT2D eigenvalue weighted by Crippen LogP contribution is -2.39. The van der Waals surface area contributed by atoms with Gasteiger partial charge in [-0.3, -0.25) is 25.8 Å². The van der Waals surface area contributed by atoms with Crippen molar-refractivity contribution in [2.75, 3.05) is 11.9 Å². The summed E-state index contributed by atoms with van der Waals surface area (Å²) in [6, 6.07) is 13.5. The number of nitrogens with one attached hydrogen (secondary N) is 3. The Balaban J connectivity index is 1.81. The lowest BCUT2D eigenvalue weighted by Gasteiger charge is -2.13. The number of hydrazine groups is 1. The maximum atomic E-state index is 11.8. The van der Waals surface area contributed by atoms with Gasteiger partial charge in [0.05, 0.1) is 17.2 Å². The molecule has 0 atom stereocenters. The molecule has 0 bridgehead atoms.